The Morgan fingerprint density at radius 1 is 1.25 bits per heavy atom. The fourth-order valence-corrected chi connectivity index (χ4v) is 2.81. The van der Waals surface area contributed by atoms with Crippen molar-refractivity contribution in [1.82, 2.24) is 0 Å². The van der Waals surface area contributed by atoms with Crippen LogP contribution < -0.4 is 10.1 Å². The second kappa shape index (κ2) is 5.37. The quantitative estimate of drug-likeness (QED) is 0.799. The molecule has 20 heavy (non-hydrogen) atoms. The van der Waals surface area contributed by atoms with Crippen molar-refractivity contribution in [2.75, 3.05) is 11.9 Å². The molecular formula is C17H18ClNO. The van der Waals surface area contributed by atoms with Crippen LogP contribution in [0.2, 0.25) is 5.02 Å². The molecule has 0 bridgehead atoms. The largest absolute Gasteiger partial charge is 0.453 e. The van der Waals surface area contributed by atoms with Gasteiger partial charge in [-0.15, -0.1) is 0 Å². The Kier molecular flexibility index (Phi) is 3.58. The molecule has 2 aromatic carbocycles. The molecule has 1 N–H and O–H groups in total. The molecule has 0 aromatic heterocycles. The fourth-order valence-electron chi connectivity index (χ4n) is 2.53. The summed E-state index contributed by atoms with van der Waals surface area (Å²) in [6.07, 6.45) is 1.91. The van der Waals surface area contributed by atoms with Crippen LogP contribution in [0.4, 0.5) is 5.69 Å². The van der Waals surface area contributed by atoms with E-state index in [0.29, 0.717) is 5.02 Å². The SMILES string of the molecule is CCc1cc(Cl)c2c(c1)NCCc1cc(C)ccc1O2. The minimum absolute atomic E-state index is 0.667. The van der Waals surface area contributed by atoms with Crippen molar-refractivity contribution in [3.63, 3.8) is 0 Å². The molecule has 0 saturated carbocycles. The fraction of sp³-hybridized carbons (Fsp3) is 0.294. The first-order chi connectivity index (χ1) is 9.67. The number of nitrogens with one attached hydrogen (secondary N) is 1. The third kappa shape index (κ3) is 2.48. The summed E-state index contributed by atoms with van der Waals surface area (Å²) in [7, 11) is 0. The topological polar surface area (TPSA) is 21.3 Å². The van der Waals surface area contributed by atoms with E-state index in [1.54, 1.807) is 0 Å². The zero-order valence-electron chi connectivity index (χ0n) is 11.8. The lowest BCUT2D eigenvalue weighted by Gasteiger charge is -2.21. The van der Waals surface area contributed by atoms with E-state index in [0.717, 1.165) is 36.6 Å². The summed E-state index contributed by atoms with van der Waals surface area (Å²) in [5.41, 5.74) is 4.68. The molecule has 0 amide bonds. The van der Waals surface area contributed by atoms with Gasteiger partial charge in [-0.05, 0) is 49.1 Å². The molecule has 0 spiro atoms. The lowest BCUT2D eigenvalue weighted by molar-refractivity contribution is 0.475. The predicted molar refractivity (Wildman–Crippen MR) is 84.3 cm³/mol. The predicted octanol–water partition coefficient (Wildman–Crippen LogP) is 4.97. The van der Waals surface area contributed by atoms with Crippen molar-refractivity contribution < 1.29 is 4.74 Å². The number of anilines is 1. The van der Waals surface area contributed by atoms with Gasteiger partial charge in [-0.25, -0.2) is 0 Å². The van der Waals surface area contributed by atoms with Gasteiger partial charge in [-0.3, -0.25) is 0 Å². The van der Waals surface area contributed by atoms with Crippen LogP contribution in [0.1, 0.15) is 23.6 Å². The van der Waals surface area contributed by atoms with E-state index in [1.807, 2.05) is 12.1 Å². The average Bonchev–Trinajstić information content (AvgIpc) is 2.41. The van der Waals surface area contributed by atoms with Crippen molar-refractivity contribution >= 4 is 17.3 Å². The molecule has 0 radical (unpaired) electrons. The van der Waals surface area contributed by atoms with Gasteiger partial charge in [-0.2, -0.15) is 0 Å². The maximum Gasteiger partial charge on any atom is 0.169 e. The molecule has 1 aliphatic rings. The number of hydrogen-bond acceptors (Lipinski definition) is 2. The van der Waals surface area contributed by atoms with Gasteiger partial charge in [0.15, 0.2) is 5.75 Å². The number of ether oxygens (including phenoxy) is 1. The van der Waals surface area contributed by atoms with Crippen molar-refractivity contribution in [3.8, 4) is 11.5 Å². The smallest absolute Gasteiger partial charge is 0.169 e. The number of halogens is 1. The van der Waals surface area contributed by atoms with Crippen LogP contribution in [-0.4, -0.2) is 6.54 Å². The standard InChI is InChI=1S/C17H18ClNO/c1-3-12-9-14(18)17-15(10-12)19-7-6-13-8-11(2)4-5-16(13)20-17/h4-5,8-10,19H,3,6-7H2,1-2H3. The molecule has 0 unspecified atom stereocenters. The van der Waals surface area contributed by atoms with Gasteiger partial charge in [-0.1, -0.05) is 36.2 Å². The number of rotatable bonds is 1. The highest BCUT2D eigenvalue weighted by molar-refractivity contribution is 6.32. The Balaban J connectivity index is 2.08. The highest BCUT2D eigenvalue weighted by Gasteiger charge is 2.16. The normalized spacial score (nSPS) is 13.3. The maximum atomic E-state index is 6.38. The second-order valence-electron chi connectivity index (χ2n) is 5.20. The number of benzene rings is 2. The van der Waals surface area contributed by atoms with E-state index >= 15 is 0 Å². The lowest BCUT2D eigenvalue weighted by atomic mass is 10.1. The molecule has 0 aliphatic carbocycles. The van der Waals surface area contributed by atoms with Crippen LogP contribution in [0.15, 0.2) is 30.3 Å². The zero-order chi connectivity index (χ0) is 14.1. The van der Waals surface area contributed by atoms with Crippen LogP contribution >= 0.6 is 11.6 Å². The molecule has 0 atom stereocenters. The first-order valence-electron chi connectivity index (χ1n) is 7.01. The van der Waals surface area contributed by atoms with Gasteiger partial charge in [0, 0.05) is 6.54 Å². The highest BCUT2D eigenvalue weighted by atomic mass is 35.5. The first kappa shape index (κ1) is 13.3. The van der Waals surface area contributed by atoms with E-state index in [4.69, 9.17) is 16.3 Å². The minimum Gasteiger partial charge on any atom is -0.453 e. The van der Waals surface area contributed by atoms with E-state index in [-0.39, 0.29) is 0 Å². The van der Waals surface area contributed by atoms with Gasteiger partial charge in [0.05, 0.1) is 10.7 Å². The Hall–Kier alpha value is -1.67. The molecule has 2 nitrogen and oxygen atoms in total. The van der Waals surface area contributed by atoms with Crippen LogP contribution in [0.5, 0.6) is 11.5 Å². The number of aryl methyl sites for hydroxylation is 2. The summed E-state index contributed by atoms with van der Waals surface area (Å²) >= 11 is 6.38. The second-order valence-corrected chi connectivity index (χ2v) is 5.61. The Bertz CT molecular complexity index is 652. The van der Waals surface area contributed by atoms with Crippen molar-refractivity contribution in [2.45, 2.75) is 26.7 Å². The molecule has 104 valence electrons. The molecule has 2 aromatic rings. The monoisotopic (exact) mass is 287 g/mol. The Morgan fingerprint density at radius 2 is 2.10 bits per heavy atom. The summed E-state index contributed by atoms with van der Waals surface area (Å²) in [4.78, 5) is 0. The summed E-state index contributed by atoms with van der Waals surface area (Å²) in [6.45, 7) is 5.11. The van der Waals surface area contributed by atoms with E-state index in [1.165, 1.54) is 16.7 Å². The van der Waals surface area contributed by atoms with Gasteiger partial charge in [0.2, 0.25) is 0 Å². The minimum atomic E-state index is 0.667. The molecule has 1 aliphatic heterocycles. The molecular weight excluding hydrogens is 270 g/mol. The van der Waals surface area contributed by atoms with Gasteiger partial charge >= 0.3 is 0 Å². The van der Waals surface area contributed by atoms with Crippen LogP contribution in [0, 0.1) is 6.92 Å². The third-order valence-corrected chi connectivity index (χ3v) is 3.93. The highest BCUT2D eigenvalue weighted by Crippen LogP contribution is 2.40. The van der Waals surface area contributed by atoms with Gasteiger partial charge in [0.25, 0.3) is 0 Å². The molecule has 0 saturated heterocycles. The molecule has 3 heteroatoms. The van der Waals surface area contributed by atoms with E-state index < -0.39 is 0 Å². The average molecular weight is 288 g/mol. The summed E-state index contributed by atoms with van der Waals surface area (Å²) < 4.78 is 6.07. The van der Waals surface area contributed by atoms with Crippen molar-refractivity contribution in [2.24, 2.45) is 0 Å². The molecule has 1 heterocycles. The summed E-state index contributed by atoms with van der Waals surface area (Å²) in [6, 6.07) is 10.4. The summed E-state index contributed by atoms with van der Waals surface area (Å²) in [5.74, 6) is 1.64. The lowest BCUT2D eigenvalue weighted by Crippen LogP contribution is -2.10. The third-order valence-electron chi connectivity index (χ3n) is 3.65. The van der Waals surface area contributed by atoms with E-state index in [9.17, 15) is 0 Å². The van der Waals surface area contributed by atoms with Crippen LogP contribution in [0.25, 0.3) is 0 Å². The number of fused-ring (bicyclic) bond motifs is 2. The Labute approximate surface area is 124 Å². The number of hydrogen-bond donors (Lipinski definition) is 1. The molecule has 0 fully saturated rings. The van der Waals surface area contributed by atoms with Gasteiger partial charge in [0.1, 0.15) is 5.75 Å². The van der Waals surface area contributed by atoms with Crippen molar-refractivity contribution in [1.29, 1.82) is 0 Å². The van der Waals surface area contributed by atoms with Crippen LogP contribution in [-0.2, 0) is 12.8 Å². The van der Waals surface area contributed by atoms with E-state index in [2.05, 4.69) is 37.4 Å². The Morgan fingerprint density at radius 3 is 2.90 bits per heavy atom. The summed E-state index contributed by atoms with van der Waals surface area (Å²) in [5, 5.41) is 4.10. The van der Waals surface area contributed by atoms with Crippen molar-refractivity contribution in [3.05, 3.63) is 52.0 Å². The van der Waals surface area contributed by atoms with Crippen LogP contribution in [0.3, 0.4) is 0 Å². The zero-order valence-corrected chi connectivity index (χ0v) is 12.6. The first-order valence-corrected chi connectivity index (χ1v) is 7.39. The maximum absolute atomic E-state index is 6.38. The van der Waals surface area contributed by atoms with Gasteiger partial charge < -0.3 is 10.1 Å². The molecule has 3 rings (SSSR count).